The number of imidazole rings is 1. The van der Waals surface area contributed by atoms with E-state index in [0.29, 0.717) is 16.4 Å². The van der Waals surface area contributed by atoms with Gasteiger partial charge >= 0.3 is 0 Å². The summed E-state index contributed by atoms with van der Waals surface area (Å²) < 4.78 is 1.89. The standard InChI is InChI=1S/C22H24N4O2S/c1-14(2)18-11-19(21(28)12-20(18)27)15(3)26(22(29)23-4)17-7-5-6-16(10-17)25-9-8-24-13-25/h5-14,27-28H,3H2,1-2,4H3,(H,23,29). The van der Waals surface area contributed by atoms with Crippen molar-refractivity contribution in [1.29, 1.82) is 0 Å². The van der Waals surface area contributed by atoms with E-state index in [-0.39, 0.29) is 17.4 Å². The van der Waals surface area contributed by atoms with Crippen LogP contribution in [0.3, 0.4) is 0 Å². The first-order valence-electron chi connectivity index (χ1n) is 9.18. The number of nitrogens with one attached hydrogen (secondary N) is 1. The molecule has 0 radical (unpaired) electrons. The van der Waals surface area contributed by atoms with Gasteiger partial charge in [0.25, 0.3) is 0 Å². The smallest absolute Gasteiger partial charge is 0.177 e. The molecule has 2 aromatic carbocycles. The Balaban J connectivity index is 2.09. The lowest BCUT2D eigenvalue weighted by Crippen LogP contribution is -2.36. The fourth-order valence-corrected chi connectivity index (χ4v) is 3.34. The fraction of sp³-hybridized carbons (Fsp3) is 0.182. The highest BCUT2D eigenvalue weighted by Crippen LogP contribution is 2.37. The molecule has 7 heteroatoms. The molecule has 0 aliphatic rings. The lowest BCUT2D eigenvalue weighted by Gasteiger charge is -2.28. The molecule has 0 amide bonds. The highest BCUT2D eigenvalue weighted by atomic mass is 32.1. The maximum Gasteiger partial charge on any atom is 0.177 e. The second-order valence-corrected chi connectivity index (χ2v) is 7.30. The Morgan fingerprint density at radius 3 is 2.59 bits per heavy atom. The zero-order valence-electron chi connectivity index (χ0n) is 16.6. The average molecular weight is 409 g/mol. The number of benzene rings is 2. The van der Waals surface area contributed by atoms with Gasteiger partial charge < -0.3 is 20.1 Å². The van der Waals surface area contributed by atoms with Gasteiger partial charge in [-0.25, -0.2) is 4.98 Å². The van der Waals surface area contributed by atoms with Gasteiger partial charge in [0.05, 0.1) is 17.7 Å². The van der Waals surface area contributed by atoms with Gasteiger partial charge in [-0.2, -0.15) is 0 Å². The minimum Gasteiger partial charge on any atom is -0.508 e. The van der Waals surface area contributed by atoms with Crippen LogP contribution in [-0.2, 0) is 0 Å². The Hall–Kier alpha value is -3.32. The van der Waals surface area contributed by atoms with E-state index in [1.807, 2.05) is 48.9 Å². The molecule has 0 fully saturated rings. The monoisotopic (exact) mass is 408 g/mol. The highest BCUT2D eigenvalue weighted by Gasteiger charge is 2.21. The van der Waals surface area contributed by atoms with E-state index in [9.17, 15) is 10.2 Å². The summed E-state index contributed by atoms with van der Waals surface area (Å²) in [6.45, 7) is 8.14. The summed E-state index contributed by atoms with van der Waals surface area (Å²) in [6.07, 6.45) is 5.29. The molecule has 1 heterocycles. The lowest BCUT2D eigenvalue weighted by molar-refractivity contribution is 0.443. The minimum absolute atomic E-state index is 0.0545. The normalized spacial score (nSPS) is 10.8. The van der Waals surface area contributed by atoms with Crippen molar-refractivity contribution in [1.82, 2.24) is 14.9 Å². The molecule has 0 atom stereocenters. The molecule has 29 heavy (non-hydrogen) atoms. The predicted molar refractivity (Wildman–Crippen MR) is 121 cm³/mol. The summed E-state index contributed by atoms with van der Waals surface area (Å²) in [5.74, 6) is 0.0712. The third kappa shape index (κ3) is 4.09. The van der Waals surface area contributed by atoms with E-state index in [0.717, 1.165) is 16.9 Å². The fourth-order valence-electron chi connectivity index (χ4n) is 3.12. The number of nitrogens with zero attached hydrogens (tertiary/aromatic N) is 3. The molecule has 0 bridgehead atoms. The number of thiocarbonyl (C=S) groups is 1. The van der Waals surface area contributed by atoms with Gasteiger partial charge in [-0.05, 0) is 48.0 Å². The van der Waals surface area contributed by atoms with Crippen LogP contribution in [0.4, 0.5) is 5.69 Å². The average Bonchev–Trinajstić information content (AvgIpc) is 3.22. The third-order valence-electron chi connectivity index (χ3n) is 4.66. The number of hydrogen-bond acceptors (Lipinski definition) is 4. The largest absolute Gasteiger partial charge is 0.508 e. The SMILES string of the molecule is C=C(c1cc(C(C)C)c(O)cc1O)N(C(=S)NC)c1cccc(-n2ccnc2)c1. The predicted octanol–water partition coefficient (Wildman–Crippen LogP) is 4.39. The van der Waals surface area contributed by atoms with Crippen LogP contribution < -0.4 is 10.2 Å². The maximum atomic E-state index is 10.5. The zero-order chi connectivity index (χ0) is 21.1. The van der Waals surface area contributed by atoms with Crippen molar-refractivity contribution < 1.29 is 10.2 Å². The van der Waals surface area contributed by atoms with Gasteiger partial charge in [0, 0.05) is 36.8 Å². The number of aromatic nitrogens is 2. The highest BCUT2D eigenvalue weighted by molar-refractivity contribution is 7.80. The Labute approximate surface area is 175 Å². The van der Waals surface area contributed by atoms with Crippen LogP contribution in [0.2, 0.25) is 0 Å². The summed E-state index contributed by atoms with van der Waals surface area (Å²) in [6, 6.07) is 10.8. The minimum atomic E-state index is -0.0634. The van der Waals surface area contributed by atoms with E-state index in [4.69, 9.17) is 12.2 Å². The van der Waals surface area contributed by atoms with Gasteiger partial charge in [0.1, 0.15) is 11.5 Å². The van der Waals surface area contributed by atoms with Crippen LogP contribution >= 0.6 is 12.2 Å². The van der Waals surface area contributed by atoms with Crippen LogP contribution in [0.15, 0.2) is 61.7 Å². The van der Waals surface area contributed by atoms with Crippen molar-refractivity contribution in [3.05, 3.63) is 72.8 Å². The van der Waals surface area contributed by atoms with Crippen molar-refractivity contribution >= 4 is 28.7 Å². The van der Waals surface area contributed by atoms with Crippen molar-refractivity contribution in [2.75, 3.05) is 11.9 Å². The molecule has 1 aromatic heterocycles. The zero-order valence-corrected chi connectivity index (χ0v) is 17.4. The molecule has 0 unspecified atom stereocenters. The number of phenols is 2. The van der Waals surface area contributed by atoms with E-state index >= 15 is 0 Å². The quantitative estimate of drug-likeness (QED) is 0.544. The van der Waals surface area contributed by atoms with Crippen molar-refractivity contribution in [3.8, 4) is 17.2 Å². The molecule has 0 aliphatic carbocycles. The summed E-state index contributed by atoms with van der Waals surface area (Å²) in [5, 5.41) is 24.1. The number of hydrogen-bond donors (Lipinski definition) is 3. The molecular formula is C22H24N4O2S. The second-order valence-electron chi connectivity index (χ2n) is 6.91. The Bertz CT molecular complexity index is 1040. The Morgan fingerprint density at radius 2 is 1.97 bits per heavy atom. The van der Waals surface area contributed by atoms with Crippen LogP contribution in [0.5, 0.6) is 11.5 Å². The summed E-state index contributed by atoms with van der Waals surface area (Å²) >= 11 is 5.54. The molecule has 0 spiro atoms. The van der Waals surface area contributed by atoms with E-state index in [2.05, 4.69) is 16.9 Å². The topological polar surface area (TPSA) is 73.6 Å². The number of anilines is 1. The van der Waals surface area contributed by atoms with Crippen molar-refractivity contribution in [2.45, 2.75) is 19.8 Å². The molecule has 3 N–H and O–H groups in total. The molecule has 0 aliphatic heterocycles. The summed E-state index contributed by atoms with van der Waals surface area (Å²) in [7, 11) is 1.73. The number of phenolic OH excluding ortho intramolecular Hbond substituents is 2. The van der Waals surface area contributed by atoms with E-state index in [1.165, 1.54) is 6.07 Å². The Kier molecular flexibility index (Phi) is 5.89. The second kappa shape index (κ2) is 8.36. The van der Waals surface area contributed by atoms with Gasteiger partial charge in [0.15, 0.2) is 5.11 Å². The lowest BCUT2D eigenvalue weighted by atomic mass is 9.97. The Morgan fingerprint density at radius 1 is 1.21 bits per heavy atom. The molecule has 3 rings (SSSR count). The molecule has 0 saturated heterocycles. The maximum absolute atomic E-state index is 10.5. The first-order chi connectivity index (χ1) is 13.8. The van der Waals surface area contributed by atoms with Crippen LogP contribution in [0, 0.1) is 0 Å². The first-order valence-corrected chi connectivity index (χ1v) is 9.59. The molecule has 0 saturated carbocycles. The van der Waals surface area contributed by atoms with Gasteiger partial charge in [-0.1, -0.05) is 26.5 Å². The molecule has 150 valence electrons. The van der Waals surface area contributed by atoms with E-state index < -0.39 is 0 Å². The number of aromatic hydroxyl groups is 2. The molecule has 6 nitrogen and oxygen atoms in total. The van der Waals surface area contributed by atoms with Crippen LogP contribution in [0.25, 0.3) is 11.4 Å². The van der Waals surface area contributed by atoms with Gasteiger partial charge in [0.2, 0.25) is 0 Å². The molecular weight excluding hydrogens is 384 g/mol. The first kappa shape index (κ1) is 20.4. The molecule has 3 aromatic rings. The van der Waals surface area contributed by atoms with Crippen molar-refractivity contribution in [2.24, 2.45) is 0 Å². The third-order valence-corrected chi connectivity index (χ3v) is 5.04. The van der Waals surface area contributed by atoms with Crippen molar-refractivity contribution in [3.63, 3.8) is 0 Å². The van der Waals surface area contributed by atoms with Gasteiger partial charge in [-0.15, -0.1) is 0 Å². The van der Waals surface area contributed by atoms with Crippen LogP contribution in [0.1, 0.15) is 30.9 Å². The summed E-state index contributed by atoms with van der Waals surface area (Å²) in [4.78, 5) is 5.85. The van der Waals surface area contributed by atoms with E-state index in [1.54, 1.807) is 30.5 Å². The number of rotatable bonds is 5. The van der Waals surface area contributed by atoms with Gasteiger partial charge in [-0.3, -0.25) is 4.90 Å². The summed E-state index contributed by atoms with van der Waals surface area (Å²) in [5.41, 5.74) is 3.40. The van der Waals surface area contributed by atoms with Crippen LogP contribution in [-0.4, -0.2) is 31.9 Å².